The number of unbranched alkanes of at least 4 members (excludes halogenated alkanes) is 6. The van der Waals surface area contributed by atoms with E-state index in [4.69, 9.17) is 0 Å². The molecule has 10 nitrogen and oxygen atoms in total. The van der Waals surface area contributed by atoms with Crippen molar-refractivity contribution >= 4 is 72.4 Å². The Bertz CT molecular complexity index is 2550. The minimum atomic E-state index is -0.400. The van der Waals surface area contributed by atoms with Crippen LogP contribution in [0.3, 0.4) is 0 Å². The fourth-order valence-electron chi connectivity index (χ4n) is 9.06. The van der Waals surface area contributed by atoms with Crippen molar-refractivity contribution in [3.63, 3.8) is 0 Å². The molecule has 0 saturated carbocycles. The van der Waals surface area contributed by atoms with Crippen LogP contribution in [0.1, 0.15) is 125 Å². The highest BCUT2D eigenvalue weighted by Crippen LogP contribution is 2.46. The van der Waals surface area contributed by atoms with Crippen molar-refractivity contribution in [3.05, 3.63) is 113 Å². The van der Waals surface area contributed by atoms with E-state index >= 15 is 0 Å². The van der Waals surface area contributed by atoms with Gasteiger partial charge in [-0.1, -0.05) is 108 Å². The summed E-state index contributed by atoms with van der Waals surface area (Å²) < 4.78 is 0. The van der Waals surface area contributed by atoms with Gasteiger partial charge in [-0.15, -0.1) is 5.10 Å². The number of hydrogen-bond donors (Lipinski definition) is 1. The highest BCUT2D eigenvalue weighted by molar-refractivity contribution is 6.41. The Morgan fingerprint density at radius 3 is 1.52 bits per heavy atom. The fraction of sp³-hybridized carbons (Fsp3) is 0.304. The quantitative estimate of drug-likeness (QED) is 0.0481. The Hall–Kier alpha value is -6.16. The third-order valence-electron chi connectivity index (χ3n) is 11.8. The lowest BCUT2D eigenvalue weighted by Crippen LogP contribution is -2.47. The molecule has 0 saturated heterocycles. The Morgan fingerprint density at radius 2 is 1.04 bits per heavy atom. The molecule has 0 unspecified atom stereocenters. The summed E-state index contributed by atoms with van der Waals surface area (Å²) in [5.41, 5.74) is 6.38. The summed E-state index contributed by atoms with van der Waals surface area (Å²) in [7, 11) is 0. The molecule has 4 amide bonds. The number of carbonyl (C=O) groups excluding carboxylic acids is 4. The first-order valence-corrected chi connectivity index (χ1v) is 20.1. The molecule has 0 fully saturated rings. The van der Waals surface area contributed by atoms with Gasteiger partial charge in [0.15, 0.2) is 0 Å². The lowest BCUT2D eigenvalue weighted by Gasteiger charge is -2.35. The summed E-state index contributed by atoms with van der Waals surface area (Å²) in [5, 5.41) is 14.8. The summed E-state index contributed by atoms with van der Waals surface area (Å²) in [6, 6.07) is 24.5. The van der Waals surface area contributed by atoms with Crippen LogP contribution in [0.4, 0.5) is 5.69 Å². The minimum absolute atomic E-state index is 0.0380. The van der Waals surface area contributed by atoms with E-state index in [9.17, 15) is 19.2 Å². The van der Waals surface area contributed by atoms with Gasteiger partial charge in [0.05, 0.1) is 18.4 Å². The smallest absolute Gasteiger partial charge is 0.261 e. The van der Waals surface area contributed by atoms with E-state index in [1.165, 1.54) is 9.69 Å². The number of imide groups is 2. The lowest BCUT2D eigenvalue weighted by molar-refractivity contribution is 0.0514. The molecule has 3 heterocycles. The number of hydrogen-bond acceptors (Lipinski definition) is 7. The summed E-state index contributed by atoms with van der Waals surface area (Å²) in [6.07, 6.45) is 12.0. The molecule has 2 aliphatic rings. The first-order valence-electron chi connectivity index (χ1n) is 20.1. The van der Waals surface area contributed by atoms with Gasteiger partial charge in [0.2, 0.25) is 0 Å². The van der Waals surface area contributed by atoms with Gasteiger partial charge in [0, 0.05) is 39.1 Å². The van der Waals surface area contributed by atoms with E-state index in [0.717, 1.165) is 102 Å². The van der Waals surface area contributed by atoms with Crippen LogP contribution in [0.25, 0.3) is 43.1 Å². The number of carbonyl (C=O) groups is 4. The maximum absolute atomic E-state index is 14.5. The summed E-state index contributed by atoms with van der Waals surface area (Å²) >= 11 is 0. The second-order valence-corrected chi connectivity index (χ2v) is 15.3. The van der Waals surface area contributed by atoms with Crippen LogP contribution in [0.5, 0.6) is 0 Å². The number of nitrogens with zero attached hydrogens (tertiary/aromatic N) is 5. The summed E-state index contributed by atoms with van der Waals surface area (Å²) in [5.74, 6) is -1.23. The largest absolute Gasteiger partial charge is 0.277 e. The third-order valence-corrected chi connectivity index (χ3v) is 11.8. The van der Waals surface area contributed by atoms with Crippen molar-refractivity contribution < 1.29 is 19.2 Å². The first-order chi connectivity index (χ1) is 27.4. The van der Waals surface area contributed by atoms with Crippen LogP contribution >= 0.6 is 0 Å². The number of nitrogens with one attached hydrogen (secondary N) is 1. The van der Waals surface area contributed by atoms with Crippen LogP contribution in [0.15, 0.2) is 85.1 Å². The maximum atomic E-state index is 14.5. The number of para-hydroxylation sites is 1. The van der Waals surface area contributed by atoms with Gasteiger partial charge in [0.25, 0.3) is 23.6 Å². The van der Waals surface area contributed by atoms with E-state index in [-0.39, 0.29) is 24.4 Å². The first kappa shape index (κ1) is 35.5. The predicted octanol–water partition coefficient (Wildman–Crippen LogP) is 9.91. The van der Waals surface area contributed by atoms with E-state index in [0.29, 0.717) is 38.7 Å². The Kier molecular flexibility index (Phi) is 9.19. The molecule has 7 aromatic rings. The van der Waals surface area contributed by atoms with Crippen LogP contribution in [-0.4, -0.2) is 54.6 Å². The van der Waals surface area contributed by atoms with Crippen molar-refractivity contribution in [2.75, 3.05) is 5.43 Å². The van der Waals surface area contributed by atoms with E-state index < -0.39 is 11.8 Å². The monoisotopic (exact) mass is 744 g/mol. The predicted molar refractivity (Wildman–Crippen MR) is 219 cm³/mol. The number of anilines is 1. The average molecular weight is 745 g/mol. The normalized spacial score (nSPS) is 14.2. The summed E-state index contributed by atoms with van der Waals surface area (Å²) in [6.45, 7) is 4.34. The van der Waals surface area contributed by atoms with Gasteiger partial charge in [-0.25, -0.2) is 0 Å². The van der Waals surface area contributed by atoms with Crippen molar-refractivity contribution in [1.29, 1.82) is 0 Å². The molecule has 1 aromatic heterocycles. The standard InChI is InChI=1S/C46H44N6O4/c1-3-5-7-12-16-30(17-13-8-6-4-2)52-45(55)37-24-20-33-31-18-22-35-41-36(23-19-32(39(31)41)34-21-25-38(46(52)56)42(37)40(33)34)44(54)50(43(35)53)26-29-27-51(49-47-29)48-28-14-10-9-11-15-28/h9-11,14-15,18-25,27,30,48H,3-8,12-13,16-17,26H2,1-2H3. The molecule has 56 heavy (non-hydrogen) atoms. The molecule has 6 aromatic carbocycles. The van der Waals surface area contributed by atoms with E-state index in [2.05, 4.69) is 29.6 Å². The molecule has 0 bridgehead atoms. The number of rotatable bonds is 15. The highest BCUT2D eigenvalue weighted by Gasteiger charge is 2.39. The summed E-state index contributed by atoms with van der Waals surface area (Å²) in [4.78, 5) is 61.4. The van der Waals surface area contributed by atoms with Crippen molar-refractivity contribution in [2.24, 2.45) is 0 Å². The topological polar surface area (TPSA) is 118 Å². The Morgan fingerprint density at radius 1 is 0.554 bits per heavy atom. The number of aromatic nitrogens is 3. The second kappa shape index (κ2) is 14.5. The van der Waals surface area contributed by atoms with Crippen LogP contribution < -0.4 is 5.43 Å². The van der Waals surface area contributed by atoms with Crippen molar-refractivity contribution in [1.82, 2.24) is 24.9 Å². The van der Waals surface area contributed by atoms with Gasteiger partial charge in [-0.2, -0.15) is 4.79 Å². The Balaban J connectivity index is 1.09. The Labute approximate surface area is 324 Å². The lowest BCUT2D eigenvalue weighted by atomic mass is 9.82. The van der Waals surface area contributed by atoms with Gasteiger partial charge < -0.3 is 0 Å². The van der Waals surface area contributed by atoms with Gasteiger partial charge in [-0.3, -0.25) is 34.4 Å². The molecular formula is C46H44N6O4. The second-order valence-electron chi connectivity index (χ2n) is 15.3. The molecular weight excluding hydrogens is 701 g/mol. The van der Waals surface area contributed by atoms with Crippen LogP contribution in [0.2, 0.25) is 0 Å². The van der Waals surface area contributed by atoms with E-state index in [1.807, 2.05) is 66.7 Å². The minimum Gasteiger partial charge on any atom is -0.277 e. The molecule has 2 aliphatic heterocycles. The molecule has 9 rings (SSSR count). The number of fused-ring (bicyclic) bond motifs is 2. The highest BCUT2D eigenvalue weighted by atomic mass is 16.2. The van der Waals surface area contributed by atoms with Crippen molar-refractivity contribution in [2.45, 2.75) is 90.6 Å². The SMILES string of the molecule is CCCCCCC(CCCCCC)N1C(=O)c2ccc3c4ccc5c6c(ccc(c7ccc(c2c37)C1=O)c64)C(=O)N(Cc1cn(Nc2ccccc2)nn1)C5=O. The number of benzene rings is 6. The average Bonchev–Trinajstić information content (AvgIpc) is 3.66. The van der Waals surface area contributed by atoms with Gasteiger partial charge in [0.1, 0.15) is 5.69 Å². The zero-order valence-corrected chi connectivity index (χ0v) is 31.8. The van der Waals surface area contributed by atoms with Crippen molar-refractivity contribution in [3.8, 4) is 0 Å². The zero-order chi connectivity index (χ0) is 38.5. The van der Waals surface area contributed by atoms with Crippen LogP contribution in [-0.2, 0) is 6.54 Å². The van der Waals surface area contributed by atoms with Crippen LogP contribution in [0, 0.1) is 0 Å². The molecule has 0 aliphatic carbocycles. The fourth-order valence-corrected chi connectivity index (χ4v) is 9.06. The molecule has 1 N–H and O–H groups in total. The molecule has 10 heteroatoms. The molecule has 0 atom stereocenters. The molecule has 0 radical (unpaired) electrons. The third kappa shape index (κ3) is 5.77. The van der Waals surface area contributed by atoms with Gasteiger partial charge >= 0.3 is 0 Å². The maximum Gasteiger partial charge on any atom is 0.261 e. The van der Waals surface area contributed by atoms with E-state index in [1.54, 1.807) is 23.2 Å². The molecule has 282 valence electrons. The number of amides is 4. The molecule has 0 spiro atoms. The zero-order valence-electron chi connectivity index (χ0n) is 31.8. The van der Waals surface area contributed by atoms with Gasteiger partial charge in [-0.05, 0) is 86.8 Å².